The molecule has 0 aromatic rings. The molecule has 3 heterocycles. The molecule has 3 aliphatic rings. The second kappa shape index (κ2) is 9.77. The summed E-state index contributed by atoms with van der Waals surface area (Å²) in [5.41, 5.74) is 0. The molecule has 154 valence electrons. The van der Waals surface area contributed by atoms with Crippen LogP contribution in [0, 0.1) is 5.92 Å². The van der Waals surface area contributed by atoms with E-state index in [1.165, 1.54) is 0 Å². The van der Waals surface area contributed by atoms with Crippen molar-refractivity contribution in [3.05, 3.63) is 0 Å². The van der Waals surface area contributed by atoms with E-state index in [2.05, 4.69) is 21.6 Å². The fourth-order valence-electron chi connectivity index (χ4n) is 4.64. The van der Waals surface area contributed by atoms with Crippen LogP contribution in [-0.4, -0.2) is 101 Å². The molecular formula is C19H32Cl2N4O2. The van der Waals surface area contributed by atoms with Gasteiger partial charge in [0.15, 0.2) is 4.84 Å². The van der Waals surface area contributed by atoms with Gasteiger partial charge in [-0.15, -0.1) is 0 Å². The molecule has 3 aliphatic heterocycles. The van der Waals surface area contributed by atoms with Crippen molar-refractivity contribution in [2.75, 3.05) is 58.9 Å². The topological polar surface area (TPSA) is 47.1 Å². The van der Waals surface area contributed by atoms with E-state index in [1.54, 1.807) is 4.90 Å². The SMILES string of the molecule is CCN1CCN(C(=O)C2CCN(C3CCN(C(=O)C(Cl)Cl)CC3)CC2)CC1. The molecule has 0 spiro atoms. The number of likely N-dealkylation sites (tertiary alicyclic amines) is 2. The number of hydrogen-bond donors (Lipinski definition) is 0. The average Bonchev–Trinajstić information content (AvgIpc) is 2.73. The van der Waals surface area contributed by atoms with Gasteiger partial charge in [0.1, 0.15) is 0 Å². The number of amides is 2. The first kappa shape index (κ1) is 21.2. The van der Waals surface area contributed by atoms with Gasteiger partial charge in [-0.25, -0.2) is 0 Å². The average molecular weight is 419 g/mol. The van der Waals surface area contributed by atoms with Crippen molar-refractivity contribution in [3.8, 4) is 0 Å². The number of alkyl halides is 2. The Bertz CT molecular complexity index is 510. The van der Waals surface area contributed by atoms with Gasteiger partial charge in [0.05, 0.1) is 0 Å². The minimum atomic E-state index is -0.956. The summed E-state index contributed by atoms with van der Waals surface area (Å²) in [6.07, 6.45) is 3.84. The Kier molecular flexibility index (Phi) is 7.65. The van der Waals surface area contributed by atoms with Crippen LogP contribution in [0.15, 0.2) is 0 Å². The van der Waals surface area contributed by atoms with Gasteiger partial charge in [-0.05, 0) is 45.3 Å². The molecular weight excluding hydrogens is 387 g/mol. The third-order valence-electron chi connectivity index (χ3n) is 6.49. The summed E-state index contributed by atoms with van der Waals surface area (Å²) in [7, 11) is 0. The highest BCUT2D eigenvalue weighted by atomic mass is 35.5. The lowest BCUT2D eigenvalue weighted by molar-refractivity contribution is -0.139. The number of halogens is 2. The highest BCUT2D eigenvalue weighted by Crippen LogP contribution is 2.26. The number of piperidine rings is 2. The van der Waals surface area contributed by atoms with E-state index in [9.17, 15) is 9.59 Å². The van der Waals surface area contributed by atoms with Crippen molar-refractivity contribution < 1.29 is 9.59 Å². The maximum Gasteiger partial charge on any atom is 0.255 e. The lowest BCUT2D eigenvalue weighted by Crippen LogP contribution is -2.53. The van der Waals surface area contributed by atoms with Crippen molar-refractivity contribution in [3.63, 3.8) is 0 Å². The zero-order chi connectivity index (χ0) is 19.4. The van der Waals surface area contributed by atoms with Crippen molar-refractivity contribution >= 4 is 35.0 Å². The largest absolute Gasteiger partial charge is 0.340 e. The van der Waals surface area contributed by atoms with Gasteiger partial charge in [-0.2, -0.15) is 0 Å². The summed E-state index contributed by atoms with van der Waals surface area (Å²) in [4.78, 5) is 32.5. The Morgan fingerprint density at radius 3 is 1.96 bits per heavy atom. The van der Waals surface area contributed by atoms with Crippen LogP contribution in [0.4, 0.5) is 0 Å². The molecule has 3 saturated heterocycles. The van der Waals surface area contributed by atoms with E-state index in [0.29, 0.717) is 11.9 Å². The van der Waals surface area contributed by atoms with Crippen LogP contribution in [0.1, 0.15) is 32.6 Å². The van der Waals surface area contributed by atoms with Gasteiger partial charge < -0.3 is 19.6 Å². The Morgan fingerprint density at radius 2 is 1.44 bits per heavy atom. The molecule has 0 atom stereocenters. The van der Waals surface area contributed by atoms with Crippen molar-refractivity contribution in [2.24, 2.45) is 5.92 Å². The second-order valence-electron chi connectivity index (χ2n) is 7.93. The van der Waals surface area contributed by atoms with Crippen LogP contribution in [0.25, 0.3) is 0 Å². The second-order valence-corrected chi connectivity index (χ2v) is 9.02. The molecule has 27 heavy (non-hydrogen) atoms. The van der Waals surface area contributed by atoms with E-state index < -0.39 is 4.84 Å². The molecule has 0 aromatic carbocycles. The van der Waals surface area contributed by atoms with Crippen LogP contribution in [0.5, 0.6) is 0 Å². The summed E-state index contributed by atoms with van der Waals surface area (Å²) in [5, 5.41) is 0. The van der Waals surface area contributed by atoms with Crippen LogP contribution in [0.2, 0.25) is 0 Å². The van der Waals surface area contributed by atoms with E-state index in [4.69, 9.17) is 23.2 Å². The smallest absolute Gasteiger partial charge is 0.255 e. The highest BCUT2D eigenvalue weighted by molar-refractivity contribution is 6.53. The van der Waals surface area contributed by atoms with Crippen molar-refractivity contribution in [2.45, 2.75) is 43.5 Å². The molecule has 0 unspecified atom stereocenters. The fraction of sp³-hybridized carbons (Fsp3) is 0.895. The Labute approximate surface area is 172 Å². The van der Waals surface area contributed by atoms with Gasteiger partial charge in [0, 0.05) is 51.2 Å². The first-order valence-electron chi connectivity index (χ1n) is 10.3. The number of hydrogen-bond acceptors (Lipinski definition) is 4. The number of carbonyl (C=O) groups excluding carboxylic acids is 2. The van der Waals surface area contributed by atoms with Crippen molar-refractivity contribution in [1.82, 2.24) is 19.6 Å². The number of nitrogens with zero attached hydrogens (tertiary/aromatic N) is 4. The Morgan fingerprint density at radius 1 is 0.852 bits per heavy atom. The molecule has 0 aliphatic carbocycles. The zero-order valence-electron chi connectivity index (χ0n) is 16.3. The van der Waals surface area contributed by atoms with E-state index >= 15 is 0 Å². The zero-order valence-corrected chi connectivity index (χ0v) is 17.8. The van der Waals surface area contributed by atoms with Gasteiger partial charge in [0.25, 0.3) is 5.91 Å². The van der Waals surface area contributed by atoms with Crippen molar-refractivity contribution in [1.29, 1.82) is 0 Å². The number of carbonyl (C=O) groups is 2. The maximum absolute atomic E-state index is 12.8. The molecule has 2 amide bonds. The molecule has 8 heteroatoms. The minimum Gasteiger partial charge on any atom is -0.340 e. The van der Waals surface area contributed by atoms with Crippen LogP contribution in [0.3, 0.4) is 0 Å². The summed E-state index contributed by atoms with van der Waals surface area (Å²) in [5.74, 6) is 0.370. The predicted octanol–water partition coefficient (Wildman–Crippen LogP) is 1.66. The fourth-order valence-corrected chi connectivity index (χ4v) is 4.92. The third-order valence-corrected chi connectivity index (χ3v) is 6.86. The molecule has 6 nitrogen and oxygen atoms in total. The quantitative estimate of drug-likeness (QED) is 0.651. The first-order chi connectivity index (χ1) is 13.0. The first-order valence-corrected chi connectivity index (χ1v) is 11.2. The van der Waals surface area contributed by atoms with E-state index in [0.717, 1.165) is 84.6 Å². The van der Waals surface area contributed by atoms with Gasteiger partial charge in [0.2, 0.25) is 5.91 Å². The van der Waals surface area contributed by atoms with Crippen LogP contribution < -0.4 is 0 Å². The van der Waals surface area contributed by atoms with Crippen LogP contribution >= 0.6 is 23.2 Å². The highest BCUT2D eigenvalue weighted by Gasteiger charge is 2.34. The van der Waals surface area contributed by atoms with Gasteiger partial charge in [-0.1, -0.05) is 30.1 Å². The summed E-state index contributed by atoms with van der Waals surface area (Å²) < 4.78 is 0. The molecule has 0 saturated carbocycles. The Balaban J connectivity index is 1.40. The molecule has 3 rings (SSSR count). The number of rotatable bonds is 4. The van der Waals surface area contributed by atoms with Gasteiger partial charge >= 0.3 is 0 Å². The number of likely N-dealkylation sites (N-methyl/N-ethyl adjacent to an activating group) is 1. The number of piperazine rings is 1. The van der Waals surface area contributed by atoms with Crippen LogP contribution in [-0.2, 0) is 9.59 Å². The lowest BCUT2D eigenvalue weighted by Gasteiger charge is -2.43. The van der Waals surface area contributed by atoms with Gasteiger partial charge in [-0.3, -0.25) is 9.59 Å². The Hall–Kier alpha value is -0.560. The monoisotopic (exact) mass is 418 g/mol. The normalized spacial score (nSPS) is 24.6. The van der Waals surface area contributed by atoms with E-state index in [-0.39, 0.29) is 11.8 Å². The minimum absolute atomic E-state index is 0.177. The maximum atomic E-state index is 12.8. The third kappa shape index (κ3) is 5.28. The summed E-state index contributed by atoms with van der Waals surface area (Å²) in [6, 6.07) is 0.502. The summed E-state index contributed by atoms with van der Waals surface area (Å²) >= 11 is 11.4. The predicted molar refractivity (Wildman–Crippen MR) is 108 cm³/mol. The summed E-state index contributed by atoms with van der Waals surface area (Å²) in [6.45, 7) is 10.4. The molecule has 0 aromatic heterocycles. The molecule has 0 bridgehead atoms. The molecule has 0 radical (unpaired) electrons. The standard InChI is InChI=1S/C19H32Cl2N4O2/c1-2-22-11-13-25(14-12-22)18(26)15-3-7-23(8-4-15)16-5-9-24(10-6-16)19(27)17(20)21/h15-17H,2-14H2,1H3. The molecule has 0 N–H and O–H groups in total. The van der Waals surface area contributed by atoms with E-state index in [1.807, 2.05) is 0 Å². The molecule has 3 fully saturated rings. The lowest BCUT2D eigenvalue weighted by atomic mass is 9.92.